The predicted octanol–water partition coefficient (Wildman–Crippen LogP) is 16.4. The third kappa shape index (κ3) is 8.82. The molecule has 0 unspecified atom stereocenters. The van der Waals surface area contributed by atoms with E-state index in [0.29, 0.717) is 23.7 Å². The molecular weight excluding hydrogens is 677 g/mol. The van der Waals surface area contributed by atoms with Gasteiger partial charge in [0.05, 0.1) is 5.69 Å². The Hall–Kier alpha value is -5.86. The highest BCUT2D eigenvalue weighted by Crippen LogP contribution is 2.43. The van der Waals surface area contributed by atoms with Gasteiger partial charge in [0.2, 0.25) is 0 Å². The second kappa shape index (κ2) is 17.7. The Morgan fingerprint density at radius 3 is 1.54 bits per heavy atom. The summed E-state index contributed by atoms with van der Waals surface area (Å²) in [7, 11) is 0. The third-order valence-electron chi connectivity index (χ3n) is 10.6. The zero-order valence-electron chi connectivity index (χ0n) is 34.6. The van der Waals surface area contributed by atoms with E-state index in [-0.39, 0.29) is 0 Å². The number of nitrogens with zero attached hydrogens (tertiary/aromatic N) is 2. The molecule has 56 heavy (non-hydrogen) atoms. The van der Waals surface area contributed by atoms with Crippen molar-refractivity contribution < 1.29 is 0 Å². The Bertz CT molecular complexity index is 2300. The van der Waals surface area contributed by atoms with E-state index in [9.17, 15) is 0 Å². The van der Waals surface area contributed by atoms with E-state index >= 15 is 0 Å². The highest BCUT2D eigenvalue weighted by atomic mass is 15.1. The van der Waals surface area contributed by atoms with Crippen LogP contribution < -0.4 is 9.80 Å². The lowest BCUT2D eigenvalue weighted by Crippen LogP contribution is -2.15. The maximum absolute atomic E-state index is 4.67. The molecule has 0 amide bonds. The Labute approximate surface area is 336 Å². The number of hydrogen-bond acceptors (Lipinski definition) is 2. The van der Waals surface area contributed by atoms with Crippen molar-refractivity contribution in [2.24, 2.45) is 0 Å². The largest absolute Gasteiger partial charge is 0.311 e. The molecule has 0 saturated carbocycles. The normalized spacial score (nSPS) is 11.9. The van der Waals surface area contributed by atoms with Crippen molar-refractivity contribution in [3.8, 4) is 0 Å². The fourth-order valence-electron chi connectivity index (χ4n) is 7.30. The fraction of sp³-hybridized carbons (Fsp3) is 0.222. The number of allylic oxidation sites excluding steroid dienone is 3. The molecule has 0 aliphatic carbocycles. The molecule has 0 spiro atoms. The van der Waals surface area contributed by atoms with Crippen LogP contribution in [0.2, 0.25) is 0 Å². The van der Waals surface area contributed by atoms with Crippen LogP contribution >= 0.6 is 0 Å². The molecule has 2 heteroatoms. The van der Waals surface area contributed by atoms with Crippen molar-refractivity contribution in [2.45, 2.75) is 79.1 Å². The minimum Gasteiger partial charge on any atom is -0.311 e. The Morgan fingerprint density at radius 2 is 1.02 bits per heavy atom. The summed E-state index contributed by atoms with van der Waals surface area (Å²) in [6.45, 7) is 26.9. The van der Waals surface area contributed by atoms with E-state index in [1.807, 2.05) is 12.2 Å². The van der Waals surface area contributed by atoms with Gasteiger partial charge in [0.15, 0.2) is 0 Å². The predicted molar refractivity (Wildman–Crippen MR) is 247 cm³/mol. The quantitative estimate of drug-likeness (QED) is 0.103. The molecule has 0 saturated heterocycles. The van der Waals surface area contributed by atoms with E-state index in [1.165, 1.54) is 38.7 Å². The average Bonchev–Trinajstić information content (AvgIpc) is 3.20. The third-order valence-corrected chi connectivity index (χ3v) is 10.6. The smallest absolute Gasteiger partial charge is 0.0540 e. The maximum Gasteiger partial charge on any atom is 0.0540 e. The van der Waals surface area contributed by atoms with Crippen molar-refractivity contribution in [3.63, 3.8) is 0 Å². The van der Waals surface area contributed by atoms with Gasteiger partial charge in [0, 0.05) is 33.8 Å². The Kier molecular flexibility index (Phi) is 12.6. The van der Waals surface area contributed by atoms with Crippen LogP contribution in [-0.2, 0) is 0 Å². The SMILES string of the molecule is C=C/C=C\c1c(/C=C\C(=C)N(c2ccccc2)c2cc(C(C)C)cc(C(C)C)c2)ccc2c(N(c3ccccc3)c3cc(C(C)C)cc(C(C)C)c3)cccc12. The van der Waals surface area contributed by atoms with Gasteiger partial charge in [-0.3, -0.25) is 0 Å². The second-order valence-corrected chi connectivity index (χ2v) is 16.0. The fourth-order valence-corrected chi connectivity index (χ4v) is 7.30. The van der Waals surface area contributed by atoms with Gasteiger partial charge in [-0.05, 0) is 123 Å². The summed E-state index contributed by atoms with van der Waals surface area (Å²) < 4.78 is 0. The number of rotatable bonds is 14. The highest BCUT2D eigenvalue weighted by molar-refractivity contribution is 6.04. The van der Waals surface area contributed by atoms with Gasteiger partial charge >= 0.3 is 0 Å². The number of fused-ring (bicyclic) bond motifs is 1. The van der Waals surface area contributed by atoms with Crippen molar-refractivity contribution in [2.75, 3.05) is 9.80 Å². The molecule has 284 valence electrons. The van der Waals surface area contributed by atoms with Gasteiger partial charge in [-0.25, -0.2) is 0 Å². The minimum absolute atomic E-state index is 0.407. The van der Waals surface area contributed by atoms with Gasteiger partial charge in [-0.1, -0.05) is 166 Å². The number of hydrogen-bond donors (Lipinski definition) is 0. The summed E-state index contributed by atoms with van der Waals surface area (Å²) in [5, 5.41) is 2.35. The molecule has 0 fully saturated rings. The van der Waals surface area contributed by atoms with Crippen LogP contribution in [0.5, 0.6) is 0 Å². The van der Waals surface area contributed by atoms with Crippen LogP contribution in [-0.4, -0.2) is 0 Å². The summed E-state index contributed by atoms with van der Waals surface area (Å²) in [4.78, 5) is 4.70. The lowest BCUT2D eigenvalue weighted by Gasteiger charge is -2.29. The number of benzene rings is 6. The van der Waals surface area contributed by atoms with Gasteiger partial charge in [0.1, 0.15) is 0 Å². The maximum atomic E-state index is 4.67. The molecule has 0 bridgehead atoms. The van der Waals surface area contributed by atoms with E-state index < -0.39 is 0 Å². The van der Waals surface area contributed by atoms with E-state index in [2.05, 4.69) is 224 Å². The molecule has 6 aromatic rings. The van der Waals surface area contributed by atoms with Crippen molar-refractivity contribution >= 4 is 51.4 Å². The summed E-state index contributed by atoms with van der Waals surface area (Å²) in [5.41, 5.74) is 14.1. The molecule has 6 aromatic carbocycles. The molecule has 0 aliphatic heterocycles. The monoisotopic (exact) mass is 734 g/mol. The molecule has 2 nitrogen and oxygen atoms in total. The molecule has 0 aliphatic rings. The summed E-state index contributed by atoms with van der Waals surface area (Å²) in [5.74, 6) is 1.63. The molecule has 0 heterocycles. The molecule has 6 rings (SSSR count). The lowest BCUT2D eigenvalue weighted by molar-refractivity contribution is 0.833. The highest BCUT2D eigenvalue weighted by Gasteiger charge is 2.20. The van der Waals surface area contributed by atoms with Crippen LogP contribution in [0.4, 0.5) is 28.4 Å². The molecule has 0 aromatic heterocycles. The zero-order chi connectivity index (χ0) is 39.9. The van der Waals surface area contributed by atoms with Crippen LogP contribution in [0.25, 0.3) is 22.9 Å². The first-order valence-corrected chi connectivity index (χ1v) is 20.2. The molecule has 0 atom stereocenters. The summed E-state index contributed by atoms with van der Waals surface area (Å²) >= 11 is 0. The van der Waals surface area contributed by atoms with Crippen LogP contribution in [0.15, 0.2) is 164 Å². The van der Waals surface area contributed by atoms with Gasteiger partial charge in [-0.2, -0.15) is 0 Å². The van der Waals surface area contributed by atoms with Crippen LogP contribution in [0.3, 0.4) is 0 Å². The standard InChI is InChI=1S/C54H58N2/c1-11-12-24-51-42(28-27-41(10)55(47-20-15-13-16-21-47)49-33-43(37(2)3)31-44(34-49)38(4)5)29-30-53-52(51)25-19-26-54(53)56(48-22-17-14-18-23-48)50-35-45(39(6)7)32-46(36-50)40(8)9/h11-40H,1,10H2,2-9H3/b24-12-,28-27-. The van der Waals surface area contributed by atoms with E-state index in [0.717, 1.165) is 39.6 Å². The first-order valence-electron chi connectivity index (χ1n) is 20.2. The van der Waals surface area contributed by atoms with E-state index in [1.54, 1.807) is 0 Å². The lowest BCUT2D eigenvalue weighted by atomic mass is 9.93. The van der Waals surface area contributed by atoms with Crippen molar-refractivity contribution in [3.05, 3.63) is 198 Å². The van der Waals surface area contributed by atoms with Gasteiger partial charge in [0.25, 0.3) is 0 Å². The average molecular weight is 735 g/mol. The zero-order valence-corrected chi connectivity index (χ0v) is 34.6. The number of para-hydroxylation sites is 2. The summed E-state index contributed by atoms with van der Waals surface area (Å²) in [6, 6.07) is 46.6. The Balaban J connectivity index is 1.50. The molecule has 0 N–H and O–H groups in total. The first kappa shape index (κ1) is 39.8. The van der Waals surface area contributed by atoms with Crippen LogP contribution in [0.1, 0.15) is 112 Å². The van der Waals surface area contributed by atoms with Crippen LogP contribution in [0, 0.1) is 0 Å². The Morgan fingerprint density at radius 1 is 0.500 bits per heavy atom. The number of anilines is 5. The van der Waals surface area contributed by atoms with Crippen molar-refractivity contribution in [1.29, 1.82) is 0 Å². The molecule has 0 radical (unpaired) electrons. The van der Waals surface area contributed by atoms with E-state index in [4.69, 9.17) is 0 Å². The van der Waals surface area contributed by atoms with Gasteiger partial charge < -0.3 is 9.80 Å². The van der Waals surface area contributed by atoms with Gasteiger partial charge in [-0.15, -0.1) is 0 Å². The second-order valence-electron chi connectivity index (χ2n) is 16.0. The topological polar surface area (TPSA) is 6.48 Å². The van der Waals surface area contributed by atoms with Crippen molar-refractivity contribution in [1.82, 2.24) is 0 Å². The first-order chi connectivity index (χ1) is 27.0. The summed E-state index contributed by atoms with van der Waals surface area (Å²) in [6.07, 6.45) is 10.4. The molecular formula is C54H58N2. The minimum atomic E-state index is 0.407.